The molecule has 1 aliphatic heterocycles. The topological polar surface area (TPSA) is 90.7 Å². The van der Waals surface area contributed by atoms with Crippen LogP contribution in [0, 0.1) is 6.92 Å². The SMILES string of the molecule is Cc1ccc(O)c(N2C(=O)C(=O)/C(=C(\O)c3ccc4ccccc4c3)C2c2cccnc2)c1. The van der Waals surface area contributed by atoms with E-state index in [1.807, 2.05) is 37.3 Å². The smallest absolute Gasteiger partial charge is 0.300 e. The predicted molar refractivity (Wildman–Crippen MR) is 126 cm³/mol. The Labute approximate surface area is 190 Å². The maximum Gasteiger partial charge on any atom is 0.300 e. The van der Waals surface area contributed by atoms with Crippen LogP contribution in [0.3, 0.4) is 0 Å². The van der Waals surface area contributed by atoms with Gasteiger partial charge < -0.3 is 10.2 Å². The lowest BCUT2D eigenvalue weighted by atomic mass is 9.95. The van der Waals surface area contributed by atoms with Crippen LogP contribution in [-0.2, 0) is 9.59 Å². The van der Waals surface area contributed by atoms with Crippen LogP contribution in [0.5, 0.6) is 5.75 Å². The molecular weight excluding hydrogens is 416 g/mol. The van der Waals surface area contributed by atoms with Crippen molar-refractivity contribution in [2.24, 2.45) is 0 Å². The van der Waals surface area contributed by atoms with E-state index in [9.17, 15) is 19.8 Å². The minimum absolute atomic E-state index is 0.0517. The number of pyridine rings is 1. The minimum atomic E-state index is -0.946. The molecule has 1 fully saturated rings. The predicted octanol–water partition coefficient (Wildman–Crippen LogP) is 4.88. The zero-order chi connectivity index (χ0) is 23.1. The third-order valence-electron chi connectivity index (χ3n) is 5.86. The summed E-state index contributed by atoms with van der Waals surface area (Å²) in [5.41, 5.74) is 1.92. The number of aromatic nitrogens is 1. The van der Waals surface area contributed by atoms with E-state index in [0.29, 0.717) is 11.1 Å². The number of carbonyl (C=O) groups excluding carboxylic acids is 2. The number of phenols is 1. The lowest BCUT2D eigenvalue weighted by Crippen LogP contribution is -2.29. The molecule has 1 aliphatic rings. The van der Waals surface area contributed by atoms with E-state index in [1.54, 1.807) is 48.8 Å². The number of ketones is 1. The molecule has 1 unspecified atom stereocenters. The molecule has 2 heterocycles. The maximum atomic E-state index is 13.2. The molecule has 0 bridgehead atoms. The molecule has 6 heteroatoms. The zero-order valence-corrected chi connectivity index (χ0v) is 17.8. The fourth-order valence-corrected chi connectivity index (χ4v) is 4.25. The average molecular weight is 436 g/mol. The monoisotopic (exact) mass is 436 g/mol. The fraction of sp³-hybridized carbons (Fsp3) is 0.0741. The maximum absolute atomic E-state index is 13.2. The number of rotatable bonds is 3. The van der Waals surface area contributed by atoms with E-state index in [-0.39, 0.29) is 22.8 Å². The van der Waals surface area contributed by atoms with E-state index in [4.69, 9.17) is 0 Å². The van der Waals surface area contributed by atoms with Crippen LogP contribution in [0.4, 0.5) is 5.69 Å². The van der Waals surface area contributed by atoms with Crippen LogP contribution >= 0.6 is 0 Å². The van der Waals surface area contributed by atoms with Crippen LogP contribution < -0.4 is 4.90 Å². The van der Waals surface area contributed by atoms with Gasteiger partial charge in [-0.25, -0.2) is 0 Å². The highest BCUT2D eigenvalue weighted by atomic mass is 16.3. The Morgan fingerprint density at radius 3 is 2.48 bits per heavy atom. The van der Waals surface area contributed by atoms with E-state index in [1.165, 1.54) is 11.0 Å². The molecule has 1 aromatic heterocycles. The molecular formula is C27H20N2O4. The number of fused-ring (bicyclic) bond motifs is 1. The number of hydrogen-bond donors (Lipinski definition) is 2. The number of amides is 1. The molecule has 5 rings (SSSR count). The van der Waals surface area contributed by atoms with Gasteiger partial charge in [-0.1, -0.05) is 48.5 Å². The number of anilines is 1. The van der Waals surface area contributed by atoms with Gasteiger partial charge >= 0.3 is 0 Å². The number of aliphatic hydroxyl groups is 1. The van der Waals surface area contributed by atoms with Crippen molar-refractivity contribution in [1.82, 2.24) is 4.98 Å². The number of benzene rings is 3. The molecule has 6 nitrogen and oxygen atoms in total. The largest absolute Gasteiger partial charge is 0.507 e. The summed E-state index contributed by atoms with van der Waals surface area (Å²) in [6.07, 6.45) is 3.13. The molecule has 3 aromatic carbocycles. The van der Waals surface area contributed by atoms with Crippen molar-refractivity contribution >= 4 is 33.9 Å². The van der Waals surface area contributed by atoms with Gasteiger partial charge in [-0.15, -0.1) is 0 Å². The second-order valence-corrected chi connectivity index (χ2v) is 8.01. The van der Waals surface area contributed by atoms with Crippen LogP contribution in [0.1, 0.15) is 22.7 Å². The van der Waals surface area contributed by atoms with Crippen LogP contribution in [0.15, 0.2) is 90.8 Å². The second kappa shape index (κ2) is 7.91. The van der Waals surface area contributed by atoms with E-state index < -0.39 is 17.7 Å². The lowest BCUT2D eigenvalue weighted by molar-refractivity contribution is -0.132. The summed E-state index contributed by atoms with van der Waals surface area (Å²) in [5, 5.41) is 23.7. The molecule has 33 heavy (non-hydrogen) atoms. The fourth-order valence-electron chi connectivity index (χ4n) is 4.25. The summed E-state index contributed by atoms with van der Waals surface area (Å²) in [6, 6.07) is 20.3. The highest BCUT2D eigenvalue weighted by Gasteiger charge is 2.47. The van der Waals surface area contributed by atoms with Gasteiger partial charge in [0.2, 0.25) is 0 Å². The number of hydrogen-bond acceptors (Lipinski definition) is 5. The molecule has 0 saturated carbocycles. The van der Waals surface area contributed by atoms with Gasteiger partial charge in [0.05, 0.1) is 17.3 Å². The van der Waals surface area contributed by atoms with Crippen LogP contribution in [0.2, 0.25) is 0 Å². The minimum Gasteiger partial charge on any atom is -0.507 e. The van der Waals surface area contributed by atoms with Crippen molar-refractivity contribution in [3.63, 3.8) is 0 Å². The quantitative estimate of drug-likeness (QED) is 0.272. The number of Topliss-reactive ketones (excluding diaryl/α,β-unsaturated/α-hetero) is 1. The van der Waals surface area contributed by atoms with Crippen molar-refractivity contribution in [2.45, 2.75) is 13.0 Å². The first-order valence-electron chi connectivity index (χ1n) is 10.5. The number of nitrogens with zero attached hydrogens (tertiary/aromatic N) is 2. The highest BCUT2D eigenvalue weighted by Crippen LogP contribution is 2.44. The van der Waals surface area contributed by atoms with Crippen molar-refractivity contribution in [3.8, 4) is 5.75 Å². The van der Waals surface area contributed by atoms with Gasteiger partial charge in [0, 0.05) is 18.0 Å². The first-order valence-corrected chi connectivity index (χ1v) is 10.5. The molecule has 4 aromatic rings. The Kier molecular flexibility index (Phi) is 4.90. The van der Waals surface area contributed by atoms with Crippen molar-refractivity contribution < 1.29 is 19.8 Å². The summed E-state index contributed by atoms with van der Waals surface area (Å²) < 4.78 is 0. The Morgan fingerprint density at radius 1 is 0.939 bits per heavy atom. The van der Waals surface area contributed by atoms with Crippen molar-refractivity contribution in [2.75, 3.05) is 4.90 Å². The standard InChI is InChI=1S/C27H20N2O4/c1-16-8-11-22(30)21(13-16)29-24(20-7-4-12-28-15-20)23(26(32)27(29)33)25(31)19-10-9-17-5-2-3-6-18(17)14-19/h2-15,24,30-31H,1H3/b25-23-. The lowest BCUT2D eigenvalue weighted by Gasteiger charge is -2.26. The van der Waals surface area contributed by atoms with Gasteiger partial charge in [0.1, 0.15) is 11.5 Å². The number of aromatic hydroxyl groups is 1. The normalized spacial score (nSPS) is 17.6. The van der Waals surface area contributed by atoms with E-state index in [0.717, 1.165) is 16.3 Å². The number of aryl methyl sites for hydroxylation is 1. The Bertz CT molecular complexity index is 1440. The molecule has 0 aliphatic carbocycles. The summed E-state index contributed by atoms with van der Waals surface area (Å²) in [6.45, 7) is 1.83. The number of aliphatic hydroxyl groups excluding tert-OH is 1. The molecule has 162 valence electrons. The van der Waals surface area contributed by atoms with Gasteiger partial charge in [0.15, 0.2) is 0 Å². The second-order valence-electron chi connectivity index (χ2n) is 8.01. The van der Waals surface area contributed by atoms with Gasteiger partial charge in [-0.2, -0.15) is 0 Å². The Hall–Kier alpha value is -4.45. The molecule has 1 saturated heterocycles. The molecule has 0 spiro atoms. The van der Waals surface area contributed by atoms with Crippen LogP contribution in [0.25, 0.3) is 16.5 Å². The Balaban J connectivity index is 1.75. The van der Waals surface area contributed by atoms with Crippen molar-refractivity contribution in [3.05, 3.63) is 107 Å². The Morgan fingerprint density at radius 2 is 1.73 bits per heavy atom. The van der Waals surface area contributed by atoms with Gasteiger partial charge in [-0.05, 0) is 53.1 Å². The number of carbonyl (C=O) groups is 2. The summed E-state index contributed by atoms with van der Waals surface area (Å²) >= 11 is 0. The third-order valence-corrected chi connectivity index (χ3v) is 5.86. The molecule has 1 amide bonds. The van der Waals surface area contributed by atoms with Gasteiger partial charge in [0.25, 0.3) is 11.7 Å². The summed E-state index contributed by atoms with van der Waals surface area (Å²) in [5.74, 6) is -2.06. The number of phenolic OH excluding ortho intramolecular Hbond substituents is 1. The molecule has 1 atom stereocenters. The highest BCUT2D eigenvalue weighted by molar-refractivity contribution is 6.52. The summed E-state index contributed by atoms with van der Waals surface area (Å²) in [4.78, 5) is 31.8. The summed E-state index contributed by atoms with van der Waals surface area (Å²) in [7, 11) is 0. The zero-order valence-electron chi connectivity index (χ0n) is 17.8. The van der Waals surface area contributed by atoms with Gasteiger partial charge in [-0.3, -0.25) is 19.5 Å². The van der Waals surface area contributed by atoms with E-state index in [2.05, 4.69) is 4.98 Å². The molecule has 2 N–H and O–H groups in total. The first-order chi connectivity index (χ1) is 16.0. The van der Waals surface area contributed by atoms with Crippen molar-refractivity contribution in [1.29, 1.82) is 0 Å². The average Bonchev–Trinajstić information content (AvgIpc) is 3.10. The third kappa shape index (κ3) is 3.42. The molecule has 0 radical (unpaired) electrons. The van der Waals surface area contributed by atoms with Crippen LogP contribution in [-0.4, -0.2) is 26.9 Å². The first kappa shape index (κ1) is 20.5. The van der Waals surface area contributed by atoms with E-state index >= 15 is 0 Å².